The third kappa shape index (κ3) is 2.42. The molecule has 0 bridgehead atoms. The number of benzene rings is 1. The van der Waals surface area contributed by atoms with E-state index < -0.39 is 17.7 Å². The number of amidine groups is 1. The Bertz CT molecular complexity index is 505. The molecule has 1 aliphatic rings. The summed E-state index contributed by atoms with van der Waals surface area (Å²) in [6.45, 7) is 0. The molecule has 1 unspecified atom stereocenters. The molecule has 1 heterocycles. The van der Waals surface area contributed by atoms with E-state index in [-0.39, 0.29) is 10.6 Å². The van der Waals surface area contributed by atoms with E-state index in [0.29, 0.717) is 5.17 Å². The van der Waals surface area contributed by atoms with Gasteiger partial charge in [-0.3, -0.25) is 5.43 Å². The third-order valence-electron chi connectivity index (χ3n) is 2.20. The fourth-order valence-corrected chi connectivity index (χ4v) is 1.93. The average molecular weight is 276 g/mol. The molecule has 7 heteroatoms. The summed E-state index contributed by atoms with van der Waals surface area (Å²) in [4.78, 5) is 4.11. The Balaban J connectivity index is 2.47. The van der Waals surface area contributed by atoms with Crippen molar-refractivity contribution < 1.29 is 8.78 Å². The number of thioether (sulfide) groups is 1. The number of hydrogen-bond donors (Lipinski definition) is 1. The van der Waals surface area contributed by atoms with Crippen molar-refractivity contribution in [2.45, 2.75) is 6.04 Å². The normalized spacial score (nSPS) is 18.8. The topological polar surface area (TPSA) is 36.8 Å². The summed E-state index contributed by atoms with van der Waals surface area (Å²) in [5.74, 6) is -1.48. The number of hydrogen-bond acceptors (Lipinski definition) is 4. The minimum Gasteiger partial charge on any atom is -0.256 e. The monoisotopic (exact) mass is 275 g/mol. The van der Waals surface area contributed by atoms with Crippen LogP contribution in [0.15, 0.2) is 22.2 Å². The van der Waals surface area contributed by atoms with Gasteiger partial charge in [0, 0.05) is 0 Å². The molecule has 1 N–H and O–H groups in total. The fraction of sp³-hybridized carbons (Fsp3) is 0.200. The molecule has 0 saturated carbocycles. The lowest BCUT2D eigenvalue weighted by Crippen LogP contribution is -2.21. The van der Waals surface area contributed by atoms with Crippen LogP contribution in [0.25, 0.3) is 0 Å². The van der Waals surface area contributed by atoms with Crippen LogP contribution in [0, 0.1) is 11.6 Å². The molecule has 0 amide bonds. The zero-order chi connectivity index (χ0) is 12.4. The quantitative estimate of drug-likeness (QED) is 0.800. The maximum Gasteiger partial charge on any atom is 0.177 e. The highest BCUT2D eigenvalue weighted by Gasteiger charge is 2.22. The summed E-state index contributed by atoms with van der Waals surface area (Å²) in [5.41, 5.74) is 2.44. The van der Waals surface area contributed by atoms with Crippen LogP contribution in [-0.4, -0.2) is 17.6 Å². The lowest BCUT2D eigenvalue weighted by Gasteiger charge is -2.16. The first-order valence-corrected chi connectivity index (χ1v) is 6.28. The highest BCUT2D eigenvalue weighted by Crippen LogP contribution is 2.29. The summed E-state index contributed by atoms with van der Waals surface area (Å²) in [6, 6.07) is 1.50. The van der Waals surface area contributed by atoms with Crippen molar-refractivity contribution in [3.63, 3.8) is 0 Å². The fourth-order valence-electron chi connectivity index (χ4n) is 1.40. The molecular formula is C10H8ClF2N3S. The van der Waals surface area contributed by atoms with Crippen molar-refractivity contribution in [2.75, 3.05) is 6.26 Å². The van der Waals surface area contributed by atoms with Crippen molar-refractivity contribution in [3.8, 4) is 0 Å². The van der Waals surface area contributed by atoms with Crippen molar-refractivity contribution in [1.82, 2.24) is 5.43 Å². The maximum atomic E-state index is 13.7. The van der Waals surface area contributed by atoms with Crippen molar-refractivity contribution in [2.24, 2.45) is 10.1 Å². The number of halogens is 3. The molecule has 17 heavy (non-hydrogen) atoms. The smallest absolute Gasteiger partial charge is 0.177 e. The number of nitrogens with one attached hydrogen (secondary N) is 1. The molecule has 1 atom stereocenters. The largest absolute Gasteiger partial charge is 0.256 e. The molecule has 90 valence electrons. The standard InChI is InChI=1S/C10H8ClF2N3S/c1-17-10-15-7(4-14-16-10)8-6(12)3-2-5(11)9(8)13/h2-4,7H,1H3,(H,15,16). The van der Waals surface area contributed by atoms with Gasteiger partial charge in [0.1, 0.15) is 17.7 Å². The lowest BCUT2D eigenvalue weighted by atomic mass is 10.1. The number of rotatable bonds is 1. The Kier molecular flexibility index (Phi) is 3.63. The van der Waals surface area contributed by atoms with Gasteiger partial charge in [0.05, 0.1) is 16.8 Å². The molecule has 2 rings (SSSR count). The van der Waals surface area contributed by atoms with Crippen molar-refractivity contribution >= 4 is 34.7 Å². The Labute approximate surface area is 106 Å². The van der Waals surface area contributed by atoms with E-state index in [4.69, 9.17) is 11.6 Å². The molecule has 0 aliphatic carbocycles. The van der Waals surface area contributed by atoms with Crippen LogP contribution in [-0.2, 0) is 0 Å². The first-order valence-electron chi connectivity index (χ1n) is 4.68. The van der Waals surface area contributed by atoms with Gasteiger partial charge in [-0.15, -0.1) is 0 Å². The third-order valence-corrected chi connectivity index (χ3v) is 3.08. The zero-order valence-corrected chi connectivity index (χ0v) is 10.3. The Hall–Kier alpha value is -1.14. The van der Waals surface area contributed by atoms with Gasteiger partial charge in [-0.1, -0.05) is 23.4 Å². The Morgan fingerprint density at radius 3 is 2.88 bits per heavy atom. The summed E-state index contributed by atoms with van der Waals surface area (Å²) < 4.78 is 27.3. The molecule has 0 saturated heterocycles. The van der Waals surface area contributed by atoms with Gasteiger partial charge < -0.3 is 0 Å². The lowest BCUT2D eigenvalue weighted by molar-refractivity contribution is 0.551. The summed E-state index contributed by atoms with van der Waals surface area (Å²) in [6.07, 6.45) is 3.12. The summed E-state index contributed by atoms with van der Waals surface area (Å²) in [7, 11) is 0. The van der Waals surface area contributed by atoms with Gasteiger partial charge in [-0.25, -0.2) is 13.8 Å². The van der Waals surface area contributed by atoms with Crippen LogP contribution in [0.2, 0.25) is 5.02 Å². The second kappa shape index (κ2) is 5.01. The molecule has 3 nitrogen and oxygen atoms in total. The first-order chi connectivity index (χ1) is 8.13. The van der Waals surface area contributed by atoms with Gasteiger partial charge >= 0.3 is 0 Å². The summed E-state index contributed by atoms with van der Waals surface area (Å²) >= 11 is 6.93. The number of hydrazone groups is 1. The van der Waals surface area contributed by atoms with E-state index in [1.807, 2.05) is 0 Å². The van der Waals surface area contributed by atoms with E-state index in [0.717, 1.165) is 6.07 Å². The SMILES string of the molecule is CSC1=NC(c2c(F)ccc(Cl)c2F)C=NN1. The molecule has 1 aliphatic heterocycles. The molecule has 0 spiro atoms. The van der Waals surface area contributed by atoms with Gasteiger partial charge in [-0.2, -0.15) is 5.10 Å². The highest BCUT2D eigenvalue weighted by molar-refractivity contribution is 8.13. The van der Waals surface area contributed by atoms with Crippen molar-refractivity contribution in [1.29, 1.82) is 0 Å². The molecule has 0 radical (unpaired) electrons. The minimum atomic E-state index is -0.797. The Morgan fingerprint density at radius 1 is 1.41 bits per heavy atom. The molecule has 0 fully saturated rings. The summed E-state index contributed by atoms with van der Waals surface area (Å²) in [5, 5.41) is 4.16. The van der Waals surface area contributed by atoms with E-state index in [1.165, 1.54) is 24.0 Å². The maximum absolute atomic E-state index is 13.7. The molecule has 1 aromatic rings. The van der Waals surface area contributed by atoms with Gasteiger partial charge in [0.25, 0.3) is 0 Å². The van der Waals surface area contributed by atoms with E-state index in [2.05, 4.69) is 15.5 Å². The van der Waals surface area contributed by atoms with Crippen LogP contribution < -0.4 is 5.43 Å². The molecule has 0 aromatic heterocycles. The minimum absolute atomic E-state index is 0.130. The van der Waals surface area contributed by atoms with Gasteiger partial charge in [0.15, 0.2) is 5.17 Å². The van der Waals surface area contributed by atoms with Crippen LogP contribution in [0.5, 0.6) is 0 Å². The number of aliphatic imine (C=N–C) groups is 1. The van der Waals surface area contributed by atoms with Crippen LogP contribution in [0.4, 0.5) is 8.78 Å². The molecular weight excluding hydrogens is 268 g/mol. The van der Waals surface area contributed by atoms with Crippen LogP contribution in [0.1, 0.15) is 11.6 Å². The second-order valence-electron chi connectivity index (χ2n) is 3.23. The predicted molar refractivity (Wildman–Crippen MR) is 66.7 cm³/mol. The first kappa shape index (κ1) is 12.3. The Morgan fingerprint density at radius 2 is 2.18 bits per heavy atom. The second-order valence-corrected chi connectivity index (χ2v) is 4.43. The van der Waals surface area contributed by atoms with E-state index in [9.17, 15) is 8.78 Å². The van der Waals surface area contributed by atoms with Crippen molar-refractivity contribution in [3.05, 3.63) is 34.4 Å². The molecule has 1 aromatic carbocycles. The highest BCUT2D eigenvalue weighted by atomic mass is 35.5. The van der Waals surface area contributed by atoms with Gasteiger partial charge in [0.2, 0.25) is 0 Å². The van der Waals surface area contributed by atoms with E-state index >= 15 is 0 Å². The number of nitrogens with zero attached hydrogens (tertiary/aromatic N) is 2. The van der Waals surface area contributed by atoms with Crippen LogP contribution >= 0.6 is 23.4 Å². The predicted octanol–water partition coefficient (Wildman–Crippen LogP) is 2.97. The van der Waals surface area contributed by atoms with Gasteiger partial charge in [-0.05, 0) is 18.4 Å². The zero-order valence-electron chi connectivity index (χ0n) is 8.75. The average Bonchev–Trinajstić information content (AvgIpc) is 2.35. The van der Waals surface area contributed by atoms with E-state index in [1.54, 1.807) is 6.26 Å². The van der Waals surface area contributed by atoms with Crippen LogP contribution in [0.3, 0.4) is 0 Å².